The fourth-order valence-corrected chi connectivity index (χ4v) is 4.28. The second-order valence-electron chi connectivity index (χ2n) is 8.62. The quantitative estimate of drug-likeness (QED) is 0.178. The van der Waals surface area contributed by atoms with Crippen LogP contribution in [0.5, 0.6) is 0 Å². The Labute approximate surface area is 196 Å². The Morgan fingerprint density at radius 3 is 1.88 bits per heavy atom. The van der Waals surface area contributed by atoms with Gasteiger partial charge >= 0.3 is 0 Å². The molecular weight excluding hydrogens is 443 g/mol. The normalized spacial score (nSPS) is 11.4. The first-order valence-electron chi connectivity index (χ1n) is 11.5. The number of rotatable bonds is 8. The van der Waals surface area contributed by atoms with E-state index in [9.17, 15) is 13.2 Å². The third kappa shape index (κ3) is 5.14. The first-order chi connectivity index (χ1) is 16.4. The second kappa shape index (κ2) is 10.4. The molecule has 0 bridgehead atoms. The Balaban J connectivity index is 1.60. The van der Waals surface area contributed by atoms with Crippen LogP contribution >= 0.6 is 0 Å². The van der Waals surface area contributed by atoms with Gasteiger partial charge in [-0.15, -0.1) is 0 Å². The topological polar surface area (TPSA) is 0 Å². The van der Waals surface area contributed by atoms with Gasteiger partial charge in [0.25, 0.3) is 0 Å². The van der Waals surface area contributed by atoms with Gasteiger partial charge in [0.05, 0.1) is 5.56 Å². The van der Waals surface area contributed by atoms with Gasteiger partial charge in [0, 0.05) is 5.56 Å². The molecule has 176 valence electrons. The van der Waals surface area contributed by atoms with Gasteiger partial charge in [0.1, 0.15) is 17.5 Å². The molecule has 0 saturated carbocycles. The van der Waals surface area contributed by atoms with Crippen molar-refractivity contribution in [3.8, 4) is 22.3 Å². The smallest absolute Gasteiger partial charge is 0.159 e. The molecule has 4 aromatic carbocycles. The van der Waals surface area contributed by atoms with Crippen molar-refractivity contribution in [1.29, 1.82) is 0 Å². The predicted molar refractivity (Wildman–Crippen MR) is 127 cm³/mol. The lowest BCUT2D eigenvalue weighted by molar-refractivity contribution is 0.511. The van der Waals surface area contributed by atoms with Crippen molar-refractivity contribution < 1.29 is 22.0 Å². The third-order valence-electron chi connectivity index (χ3n) is 6.12. The molecule has 0 aliphatic carbocycles. The maximum Gasteiger partial charge on any atom is 0.159 e. The molecule has 0 N–H and O–H groups in total. The van der Waals surface area contributed by atoms with E-state index in [1.54, 1.807) is 12.1 Å². The minimum atomic E-state index is -1.04. The summed E-state index contributed by atoms with van der Waals surface area (Å²) >= 11 is 0. The van der Waals surface area contributed by atoms with Crippen molar-refractivity contribution in [1.82, 2.24) is 0 Å². The molecule has 0 unspecified atom stereocenters. The Morgan fingerprint density at radius 1 is 0.529 bits per heavy atom. The molecule has 0 aromatic heterocycles. The second-order valence-corrected chi connectivity index (χ2v) is 8.62. The SMILES string of the molecule is CCCCCCCc1ccc(-c2cc(F)c(-c3ccc4cc(F)c(F)cc4c3)c(F)c2)c(F)c1. The Bertz CT molecular complexity index is 1300. The molecule has 5 heteroatoms. The molecule has 0 fully saturated rings. The molecule has 0 heterocycles. The van der Waals surface area contributed by atoms with Crippen LogP contribution in [0.1, 0.15) is 44.6 Å². The lowest BCUT2D eigenvalue weighted by Gasteiger charge is -2.11. The summed E-state index contributed by atoms with van der Waals surface area (Å²) in [6.07, 6.45) is 6.33. The van der Waals surface area contributed by atoms with E-state index >= 15 is 8.78 Å². The number of unbranched alkanes of at least 4 members (excludes halogenated alkanes) is 4. The van der Waals surface area contributed by atoms with Crippen molar-refractivity contribution in [2.75, 3.05) is 0 Å². The predicted octanol–water partition coefficient (Wildman–Crippen LogP) is 9.38. The first kappa shape index (κ1) is 23.9. The molecular formula is C29H25F5. The summed E-state index contributed by atoms with van der Waals surface area (Å²) in [5.74, 6) is -4.29. The standard InChI is InChI=1S/C29H25F5/c1-2-3-4-5-6-7-18-8-11-23(24(30)12-18)22-16-27(33)29(28(34)17-22)20-10-9-19-14-25(31)26(32)15-21(19)13-20/h8-17H,2-7H2,1H3. The number of hydrogen-bond acceptors (Lipinski definition) is 0. The van der Waals surface area contributed by atoms with E-state index in [1.807, 2.05) is 0 Å². The maximum absolute atomic E-state index is 15.0. The van der Waals surface area contributed by atoms with E-state index < -0.39 is 29.1 Å². The summed E-state index contributed by atoms with van der Waals surface area (Å²) in [5, 5.41) is 0.725. The van der Waals surface area contributed by atoms with Crippen LogP contribution in [0.4, 0.5) is 22.0 Å². The van der Waals surface area contributed by atoms with Gasteiger partial charge in [-0.1, -0.05) is 56.9 Å². The van der Waals surface area contributed by atoms with Gasteiger partial charge in [-0.05, 0) is 76.7 Å². The number of benzene rings is 4. The van der Waals surface area contributed by atoms with Crippen LogP contribution in [0.2, 0.25) is 0 Å². The minimum absolute atomic E-state index is 0.0969. The highest BCUT2D eigenvalue weighted by atomic mass is 19.2. The van der Waals surface area contributed by atoms with E-state index in [0.29, 0.717) is 10.8 Å². The van der Waals surface area contributed by atoms with Crippen LogP contribution in [0.15, 0.2) is 60.7 Å². The van der Waals surface area contributed by atoms with E-state index in [1.165, 1.54) is 30.7 Å². The number of aryl methyl sites for hydroxylation is 1. The van der Waals surface area contributed by atoms with Crippen molar-refractivity contribution >= 4 is 10.8 Å². The lowest BCUT2D eigenvalue weighted by atomic mass is 9.95. The van der Waals surface area contributed by atoms with E-state index in [-0.39, 0.29) is 22.3 Å². The van der Waals surface area contributed by atoms with Crippen LogP contribution < -0.4 is 0 Å². The van der Waals surface area contributed by atoms with Crippen molar-refractivity contribution in [3.05, 3.63) is 95.3 Å². The number of hydrogen-bond donors (Lipinski definition) is 0. The molecule has 4 rings (SSSR count). The van der Waals surface area contributed by atoms with Gasteiger partial charge in [-0.25, -0.2) is 22.0 Å². The summed E-state index contributed by atoms with van der Waals surface area (Å²) in [5.41, 5.74) is 0.948. The molecule has 0 radical (unpaired) electrons. The van der Waals surface area contributed by atoms with E-state index in [0.717, 1.165) is 61.9 Å². The zero-order valence-electron chi connectivity index (χ0n) is 18.9. The minimum Gasteiger partial charge on any atom is -0.206 e. The van der Waals surface area contributed by atoms with Gasteiger partial charge in [-0.2, -0.15) is 0 Å². The molecule has 0 aliphatic rings. The van der Waals surface area contributed by atoms with Crippen molar-refractivity contribution in [2.24, 2.45) is 0 Å². The van der Waals surface area contributed by atoms with Crippen molar-refractivity contribution in [2.45, 2.75) is 45.4 Å². The monoisotopic (exact) mass is 468 g/mol. The zero-order chi connectivity index (χ0) is 24.2. The Hall–Kier alpha value is -3.21. The van der Waals surface area contributed by atoms with Gasteiger partial charge in [0.2, 0.25) is 0 Å². The van der Waals surface area contributed by atoms with Crippen LogP contribution in [-0.4, -0.2) is 0 Å². The summed E-state index contributed by atoms with van der Waals surface area (Å²) in [6, 6.07) is 13.3. The Morgan fingerprint density at radius 2 is 1.21 bits per heavy atom. The molecule has 0 aliphatic heterocycles. The van der Waals surface area contributed by atoms with Crippen LogP contribution in [0.25, 0.3) is 33.0 Å². The summed E-state index contributed by atoms with van der Waals surface area (Å²) in [7, 11) is 0. The first-order valence-corrected chi connectivity index (χ1v) is 11.5. The Kier molecular flexibility index (Phi) is 7.30. The van der Waals surface area contributed by atoms with Crippen molar-refractivity contribution in [3.63, 3.8) is 0 Å². The van der Waals surface area contributed by atoms with E-state index in [4.69, 9.17) is 0 Å². The molecule has 0 saturated heterocycles. The highest BCUT2D eigenvalue weighted by molar-refractivity contribution is 5.88. The van der Waals surface area contributed by atoms with Crippen LogP contribution in [0.3, 0.4) is 0 Å². The zero-order valence-corrected chi connectivity index (χ0v) is 18.9. The van der Waals surface area contributed by atoms with Gasteiger partial charge in [0.15, 0.2) is 11.6 Å². The summed E-state index contributed by atoms with van der Waals surface area (Å²) in [6.45, 7) is 2.15. The summed E-state index contributed by atoms with van der Waals surface area (Å²) in [4.78, 5) is 0. The van der Waals surface area contributed by atoms with Gasteiger partial charge in [-0.3, -0.25) is 0 Å². The number of halogens is 5. The fourth-order valence-electron chi connectivity index (χ4n) is 4.28. The highest BCUT2D eigenvalue weighted by Gasteiger charge is 2.17. The van der Waals surface area contributed by atoms with Crippen LogP contribution in [0, 0.1) is 29.1 Å². The molecule has 0 amide bonds. The molecule has 34 heavy (non-hydrogen) atoms. The lowest BCUT2D eigenvalue weighted by Crippen LogP contribution is -1.95. The molecule has 0 atom stereocenters. The molecule has 4 aromatic rings. The average molecular weight is 469 g/mol. The van der Waals surface area contributed by atoms with Crippen LogP contribution in [-0.2, 0) is 6.42 Å². The maximum atomic E-state index is 15.0. The highest BCUT2D eigenvalue weighted by Crippen LogP contribution is 2.34. The molecule has 0 spiro atoms. The van der Waals surface area contributed by atoms with E-state index in [2.05, 4.69) is 6.92 Å². The average Bonchev–Trinajstić information content (AvgIpc) is 2.79. The summed E-state index contributed by atoms with van der Waals surface area (Å²) < 4.78 is 71.9. The fraction of sp³-hybridized carbons (Fsp3) is 0.241. The number of fused-ring (bicyclic) bond motifs is 1. The third-order valence-corrected chi connectivity index (χ3v) is 6.12. The largest absolute Gasteiger partial charge is 0.206 e. The van der Waals surface area contributed by atoms with Gasteiger partial charge < -0.3 is 0 Å². The molecule has 0 nitrogen and oxygen atoms in total.